The summed E-state index contributed by atoms with van der Waals surface area (Å²) in [6.45, 7) is 4.58. The zero-order valence-corrected chi connectivity index (χ0v) is 19.3. The van der Waals surface area contributed by atoms with Crippen LogP contribution in [0.25, 0.3) is 0 Å². The van der Waals surface area contributed by atoms with E-state index in [1.54, 1.807) is 0 Å². The largest absolute Gasteiger partial charge is 0.360 e. The minimum atomic E-state index is -0.114. The van der Waals surface area contributed by atoms with Gasteiger partial charge in [-0.2, -0.15) is 0 Å². The molecule has 2 aliphatic carbocycles. The first-order valence-corrected chi connectivity index (χ1v) is 12.6. The summed E-state index contributed by atoms with van der Waals surface area (Å²) in [7, 11) is 0. The average molecular weight is 399 g/mol. The second-order valence-electron chi connectivity index (χ2n) is 9.25. The van der Waals surface area contributed by atoms with Crippen molar-refractivity contribution in [3.63, 3.8) is 0 Å². The molecule has 0 heterocycles. The predicted molar refractivity (Wildman–Crippen MR) is 128 cm³/mol. The van der Waals surface area contributed by atoms with Crippen molar-refractivity contribution in [2.45, 2.75) is 128 Å². The Labute approximate surface area is 181 Å². The van der Waals surface area contributed by atoms with Crippen LogP contribution >= 0.6 is 0 Å². The third-order valence-corrected chi connectivity index (χ3v) is 6.53. The molecule has 2 unspecified atom stereocenters. The Morgan fingerprint density at radius 3 is 1.34 bits per heavy atom. The third kappa shape index (κ3) is 9.08. The quantitative estimate of drug-likeness (QED) is 0.236. The number of hydrogen-bond donors (Lipinski definition) is 0. The maximum atomic E-state index is 7.09. The van der Waals surface area contributed by atoms with E-state index in [0.29, 0.717) is 0 Å². The van der Waals surface area contributed by atoms with Crippen molar-refractivity contribution >= 4 is 0 Å². The van der Waals surface area contributed by atoms with E-state index in [9.17, 15) is 0 Å². The van der Waals surface area contributed by atoms with Gasteiger partial charge in [-0.1, -0.05) is 140 Å². The Morgan fingerprint density at radius 2 is 0.966 bits per heavy atom. The Bertz CT molecular complexity index is 493. The first-order valence-electron chi connectivity index (χ1n) is 12.6. The lowest BCUT2D eigenvalue weighted by Crippen LogP contribution is -2.43. The first-order chi connectivity index (χ1) is 14.2. The molecule has 2 rings (SSSR count). The minimum Gasteiger partial charge on any atom is -0.360 e. The molecule has 0 bridgehead atoms. The van der Waals surface area contributed by atoms with Crippen LogP contribution in [0.5, 0.6) is 0 Å². The third-order valence-electron chi connectivity index (χ3n) is 6.53. The molecular formula is C28H46O. The molecule has 0 N–H and O–H groups in total. The van der Waals surface area contributed by atoms with E-state index in [1.807, 2.05) is 0 Å². The van der Waals surface area contributed by atoms with Crippen molar-refractivity contribution < 1.29 is 4.74 Å². The van der Waals surface area contributed by atoms with Crippen LogP contribution in [0.4, 0.5) is 0 Å². The Hall–Kier alpha value is -1.08. The molecular weight excluding hydrogens is 352 g/mol. The van der Waals surface area contributed by atoms with Gasteiger partial charge in [0.05, 0.1) is 11.2 Å². The Morgan fingerprint density at radius 1 is 0.552 bits per heavy atom. The lowest BCUT2D eigenvalue weighted by atomic mass is 9.84. The van der Waals surface area contributed by atoms with Gasteiger partial charge in [0.15, 0.2) is 0 Å². The van der Waals surface area contributed by atoms with Crippen molar-refractivity contribution in [3.05, 3.63) is 48.6 Å². The second kappa shape index (κ2) is 14.0. The van der Waals surface area contributed by atoms with Crippen LogP contribution in [0, 0.1) is 0 Å². The summed E-state index contributed by atoms with van der Waals surface area (Å²) in [4.78, 5) is 0. The van der Waals surface area contributed by atoms with Gasteiger partial charge in [0.1, 0.15) is 0 Å². The molecule has 0 fully saturated rings. The zero-order chi connectivity index (χ0) is 20.7. The summed E-state index contributed by atoms with van der Waals surface area (Å²) < 4.78 is 7.09. The van der Waals surface area contributed by atoms with Gasteiger partial charge in [-0.15, -0.1) is 0 Å². The van der Waals surface area contributed by atoms with Gasteiger partial charge >= 0.3 is 0 Å². The molecule has 0 aromatic carbocycles. The van der Waals surface area contributed by atoms with E-state index < -0.39 is 0 Å². The number of allylic oxidation sites excluding steroid dienone is 4. The molecule has 0 radical (unpaired) electrons. The number of unbranched alkanes of at least 4 members (excludes halogenated alkanes) is 10. The lowest BCUT2D eigenvalue weighted by molar-refractivity contribution is -0.115. The van der Waals surface area contributed by atoms with E-state index in [2.05, 4.69) is 62.5 Å². The van der Waals surface area contributed by atoms with Crippen LogP contribution in [-0.2, 0) is 4.74 Å². The molecule has 164 valence electrons. The minimum absolute atomic E-state index is 0.114. The van der Waals surface area contributed by atoms with Gasteiger partial charge < -0.3 is 4.74 Å². The summed E-state index contributed by atoms with van der Waals surface area (Å²) in [5.41, 5.74) is -0.228. The van der Waals surface area contributed by atoms with E-state index in [4.69, 9.17) is 4.74 Å². The Balaban J connectivity index is 1.91. The van der Waals surface area contributed by atoms with Gasteiger partial charge in [-0.3, -0.25) is 0 Å². The first kappa shape index (κ1) is 24.2. The van der Waals surface area contributed by atoms with E-state index >= 15 is 0 Å². The van der Waals surface area contributed by atoms with Crippen LogP contribution in [0.2, 0.25) is 0 Å². The van der Waals surface area contributed by atoms with Crippen LogP contribution in [0.15, 0.2) is 48.6 Å². The number of hydrogen-bond acceptors (Lipinski definition) is 1. The number of rotatable bonds is 16. The van der Waals surface area contributed by atoms with Crippen LogP contribution in [0.3, 0.4) is 0 Å². The molecule has 0 saturated heterocycles. The average Bonchev–Trinajstić information content (AvgIpc) is 2.74. The molecule has 29 heavy (non-hydrogen) atoms. The SMILES string of the molecule is CCCCCCCCC1(OC2(CCCCCCCC)C=CC=CC2)C=CC=CC1. The topological polar surface area (TPSA) is 9.23 Å². The molecule has 1 heteroatoms. The van der Waals surface area contributed by atoms with Crippen molar-refractivity contribution in [2.75, 3.05) is 0 Å². The molecule has 2 aliphatic rings. The van der Waals surface area contributed by atoms with Crippen LogP contribution < -0.4 is 0 Å². The summed E-state index contributed by atoms with van der Waals surface area (Å²) >= 11 is 0. The van der Waals surface area contributed by atoms with Crippen molar-refractivity contribution in [1.29, 1.82) is 0 Å². The van der Waals surface area contributed by atoms with Crippen LogP contribution in [0.1, 0.15) is 117 Å². The standard InChI is InChI=1S/C28H46O/c1-3-5-7-9-11-15-21-27(23-17-13-18-24-27)29-28(25-19-14-20-26-28)22-16-12-10-8-6-4-2/h13-14,17-20,23,25H,3-12,15-16,21-22,24,26H2,1-2H3. The molecule has 0 amide bonds. The maximum absolute atomic E-state index is 7.09. The van der Waals surface area contributed by atoms with Crippen molar-refractivity contribution in [3.8, 4) is 0 Å². The zero-order valence-electron chi connectivity index (χ0n) is 19.3. The fourth-order valence-corrected chi connectivity index (χ4v) is 4.73. The summed E-state index contributed by atoms with van der Waals surface area (Å²) in [6.07, 6.45) is 38.6. The molecule has 2 atom stereocenters. The smallest absolute Gasteiger partial charge is 0.0911 e. The number of ether oxygens (including phenoxy) is 1. The van der Waals surface area contributed by atoms with Gasteiger partial charge in [0.2, 0.25) is 0 Å². The van der Waals surface area contributed by atoms with E-state index in [1.165, 1.54) is 77.0 Å². The van der Waals surface area contributed by atoms with Gasteiger partial charge in [0.25, 0.3) is 0 Å². The van der Waals surface area contributed by atoms with Gasteiger partial charge in [0, 0.05) is 0 Å². The molecule has 0 saturated carbocycles. The maximum Gasteiger partial charge on any atom is 0.0911 e. The monoisotopic (exact) mass is 398 g/mol. The highest BCUT2D eigenvalue weighted by molar-refractivity contribution is 5.23. The highest BCUT2D eigenvalue weighted by atomic mass is 16.5. The molecule has 0 spiro atoms. The van der Waals surface area contributed by atoms with Crippen molar-refractivity contribution in [1.82, 2.24) is 0 Å². The fraction of sp³-hybridized carbons (Fsp3) is 0.714. The normalized spacial score (nSPS) is 25.7. The van der Waals surface area contributed by atoms with Gasteiger partial charge in [-0.05, 0) is 25.7 Å². The highest BCUT2D eigenvalue weighted by Crippen LogP contribution is 2.39. The van der Waals surface area contributed by atoms with E-state index in [-0.39, 0.29) is 11.2 Å². The lowest BCUT2D eigenvalue weighted by Gasteiger charge is -2.43. The summed E-state index contributed by atoms with van der Waals surface area (Å²) in [6, 6.07) is 0. The highest BCUT2D eigenvalue weighted by Gasteiger charge is 2.38. The molecule has 0 aliphatic heterocycles. The van der Waals surface area contributed by atoms with Crippen molar-refractivity contribution in [2.24, 2.45) is 0 Å². The summed E-state index contributed by atoms with van der Waals surface area (Å²) in [5.74, 6) is 0. The molecule has 0 aromatic heterocycles. The molecule has 0 aromatic rings. The fourth-order valence-electron chi connectivity index (χ4n) is 4.73. The van der Waals surface area contributed by atoms with Gasteiger partial charge in [-0.25, -0.2) is 0 Å². The predicted octanol–water partition coefficient (Wildman–Crippen LogP) is 9.01. The Kier molecular flexibility index (Phi) is 11.7. The van der Waals surface area contributed by atoms with Crippen LogP contribution in [-0.4, -0.2) is 11.2 Å². The molecule has 1 nitrogen and oxygen atoms in total. The summed E-state index contributed by atoms with van der Waals surface area (Å²) in [5, 5.41) is 0. The van der Waals surface area contributed by atoms with E-state index in [0.717, 1.165) is 25.7 Å². The second-order valence-corrected chi connectivity index (χ2v) is 9.25.